The first kappa shape index (κ1) is 12.7. The molecule has 1 unspecified atom stereocenters. The SMILES string of the molecule is OC1c2ccccc2-c2ccsc2-c2c1ccc(F)c2F. The monoisotopic (exact) mass is 300 g/mol. The molecule has 4 rings (SSSR count). The van der Waals surface area contributed by atoms with Gasteiger partial charge in [0.05, 0.1) is 0 Å². The van der Waals surface area contributed by atoms with Crippen molar-refractivity contribution in [1.82, 2.24) is 0 Å². The molecule has 0 bridgehead atoms. The Morgan fingerprint density at radius 3 is 2.57 bits per heavy atom. The number of benzene rings is 2. The summed E-state index contributed by atoms with van der Waals surface area (Å²) < 4.78 is 28.0. The number of rotatable bonds is 0. The molecule has 0 radical (unpaired) electrons. The first-order chi connectivity index (χ1) is 10.2. The second kappa shape index (κ2) is 4.48. The standard InChI is InChI=1S/C17H10F2OS/c18-13-6-5-12-14(15(13)19)17-11(7-8-21-17)9-3-1-2-4-10(9)16(12)20/h1-8,16,20H. The van der Waals surface area contributed by atoms with Gasteiger partial charge in [-0.3, -0.25) is 0 Å². The van der Waals surface area contributed by atoms with Crippen LogP contribution in [0.25, 0.3) is 21.6 Å². The minimum atomic E-state index is -0.967. The molecule has 4 heteroatoms. The van der Waals surface area contributed by atoms with Crippen molar-refractivity contribution in [2.24, 2.45) is 0 Å². The fourth-order valence-electron chi connectivity index (χ4n) is 2.89. The molecule has 0 amide bonds. The average Bonchev–Trinajstić information content (AvgIpc) is 2.94. The summed E-state index contributed by atoms with van der Waals surface area (Å²) in [7, 11) is 0. The van der Waals surface area contributed by atoms with Crippen LogP contribution >= 0.6 is 11.3 Å². The predicted molar refractivity (Wildman–Crippen MR) is 79.2 cm³/mol. The number of hydrogen-bond acceptors (Lipinski definition) is 2. The molecule has 104 valence electrons. The summed E-state index contributed by atoms with van der Waals surface area (Å²) in [6.07, 6.45) is -0.967. The summed E-state index contributed by atoms with van der Waals surface area (Å²) in [5.41, 5.74) is 2.98. The van der Waals surface area contributed by atoms with Gasteiger partial charge >= 0.3 is 0 Å². The fraction of sp³-hybridized carbons (Fsp3) is 0.0588. The third-order valence-corrected chi connectivity index (χ3v) is 4.79. The van der Waals surface area contributed by atoms with Crippen LogP contribution in [-0.2, 0) is 0 Å². The molecule has 0 spiro atoms. The van der Waals surface area contributed by atoms with Gasteiger partial charge in [-0.2, -0.15) is 0 Å². The summed E-state index contributed by atoms with van der Waals surface area (Å²) in [5.74, 6) is -1.80. The molecule has 21 heavy (non-hydrogen) atoms. The summed E-state index contributed by atoms with van der Waals surface area (Å²) in [5, 5.41) is 12.5. The van der Waals surface area contributed by atoms with Gasteiger partial charge in [0.25, 0.3) is 0 Å². The molecule has 1 heterocycles. The zero-order valence-electron chi connectivity index (χ0n) is 10.8. The van der Waals surface area contributed by atoms with E-state index in [-0.39, 0.29) is 5.56 Å². The first-order valence-electron chi connectivity index (χ1n) is 6.51. The molecule has 0 aliphatic heterocycles. The van der Waals surface area contributed by atoms with E-state index in [1.807, 2.05) is 35.7 Å². The van der Waals surface area contributed by atoms with Crippen LogP contribution in [0.2, 0.25) is 0 Å². The van der Waals surface area contributed by atoms with E-state index >= 15 is 0 Å². The maximum atomic E-state index is 14.3. The van der Waals surface area contributed by atoms with Crippen LogP contribution in [0.3, 0.4) is 0 Å². The summed E-state index contributed by atoms with van der Waals surface area (Å²) in [6, 6.07) is 11.8. The maximum Gasteiger partial charge on any atom is 0.167 e. The Bertz CT molecular complexity index is 854. The van der Waals surface area contributed by atoms with Crippen LogP contribution in [0.4, 0.5) is 8.78 Å². The van der Waals surface area contributed by atoms with Gasteiger partial charge in [0, 0.05) is 16.0 Å². The van der Waals surface area contributed by atoms with Gasteiger partial charge in [-0.15, -0.1) is 11.3 Å². The largest absolute Gasteiger partial charge is 0.384 e. The quantitative estimate of drug-likeness (QED) is 0.635. The van der Waals surface area contributed by atoms with Gasteiger partial charge in [-0.1, -0.05) is 30.3 Å². The second-order valence-corrected chi connectivity index (χ2v) is 5.89. The highest BCUT2D eigenvalue weighted by Gasteiger charge is 2.29. The Kier molecular flexibility index (Phi) is 2.71. The number of thiophene rings is 1. The van der Waals surface area contributed by atoms with Crippen LogP contribution in [0.1, 0.15) is 17.2 Å². The van der Waals surface area contributed by atoms with E-state index < -0.39 is 17.7 Å². The van der Waals surface area contributed by atoms with Gasteiger partial charge in [0.15, 0.2) is 11.6 Å². The zero-order valence-corrected chi connectivity index (χ0v) is 11.6. The molecule has 1 atom stereocenters. The molecule has 1 aliphatic rings. The summed E-state index contributed by atoms with van der Waals surface area (Å²) in [6.45, 7) is 0. The molecular weight excluding hydrogens is 290 g/mol. The molecule has 0 saturated carbocycles. The predicted octanol–water partition coefficient (Wildman–Crippen LogP) is 4.76. The molecule has 1 N–H and O–H groups in total. The van der Waals surface area contributed by atoms with Crippen molar-refractivity contribution >= 4 is 11.3 Å². The lowest BCUT2D eigenvalue weighted by molar-refractivity contribution is 0.221. The minimum Gasteiger partial charge on any atom is -0.384 e. The summed E-state index contributed by atoms with van der Waals surface area (Å²) in [4.78, 5) is 0.658. The van der Waals surface area contributed by atoms with Crippen molar-refractivity contribution in [3.05, 3.63) is 70.6 Å². The van der Waals surface area contributed by atoms with Crippen LogP contribution in [0, 0.1) is 11.6 Å². The van der Waals surface area contributed by atoms with Crippen molar-refractivity contribution in [2.75, 3.05) is 0 Å². The normalized spacial score (nSPS) is 15.9. The smallest absolute Gasteiger partial charge is 0.167 e. The Hall–Kier alpha value is -2.04. The van der Waals surface area contributed by atoms with E-state index in [9.17, 15) is 13.9 Å². The number of aliphatic hydroxyl groups is 1. The van der Waals surface area contributed by atoms with Gasteiger partial charge < -0.3 is 5.11 Å². The Morgan fingerprint density at radius 1 is 0.905 bits per heavy atom. The third kappa shape index (κ3) is 1.69. The topological polar surface area (TPSA) is 20.2 Å². The minimum absolute atomic E-state index is 0.170. The van der Waals surface area contributed by atoms with E-state index in [0.717, 1.165) is 17.2 Å². The molecular formula is C17H10F2OS. The van der Waals surface area contributed by atoms with E-state index in [0.29, 0.717) is 16.0 Å². The first-order valence-corrected chi connectivity index (χ1v) is 7.39. The number of fused-ring (bicyclic) bond motifs is 5. The van der Waals surface area contributed by atoms with E-state index in [2.05, 4.69) is 0 Å². The lowest BCUT2D eigenvalue weighted by Gasteiger charge is -2.15. The molecule has 1 aromatic heterocycles. The molecule has 0 fully saturated rings. The second-order valence-electron chi connectivity index (χ2n) is 4.98. The molecule has 2 aromatic carbocycles. The van der Waals surface area contributed by atoms with Gasteiger partial charge in [-0.05, 0) is 34.2 Å². The number of halogens is 2. The summed E-state index contributed by atoms with van der Waals surface area (Å²) >= 11 is 1.35. The molecule has 1 nitrogen and oxygen atoms in total. The lowest BCUT2D eigenvalue weighted by atomic mass is 9.96. The Labute approximate surface area is 124 Å². The van der Waals surface area contributed by atoms with Gasteiger partial charge in [-0.25, -0.2) is 8.78 Å². The number of aliphatic hydroxyl groups excluding tert-OH is 1. The highest BCUT2D eigenvalue weighted by Crippen LogP contribution is 2.48. The third-order valence-electron chi connectivity index (χ3n) is 3.86. The lowest BCUT2D eigenvalue weighted by Crippen LogP contribution is -2.03. The van der Waals surface area contributed by atoms with Gasteiger partial charge in [0.1, 0.15) is 6.10 Å². The van der Waals surface area contributed by atoms with Crippen molar-refractivity contribution in [1.29, 1.82) is 0 Å². The van der Waals surface area contributed by atoms with Gasteiger partial charge in [0.2, 0.25) is 0 Å². The van der Waals surface area contributed by atoms with Crippen molar-refractivity contribution in [3.8, 4) is 21.6 Å². The number of hydrogen-bond donors (Lipinski definition) is 1. The maximum absolute atomic E-state index is 14.3. The highest BCUT2D eigenvalue weighted by molar-refractivity contribution is 7.14. The van der Waals surface area contributed by atoms with E-state index in [1.165, 1.54) is 17.4 Å². The highest BCUT2D eigenvalue weighted by atomic mass is 32.1. The van der Waals surface area contributed by atoms with E-state index in [1.54, 1.807) is 0 Å². The Balaban J connectivity index is 2.17. The van der Waals surface area contributed by atoms with E-state index in [4.69, 9.17) is 0 Å². The van der Waals surface area contributed by atoms with Crippen LogP contribution in [0.5, 0.6) is 0 Å². The molecule has 3 aromatic rings. The van der Waals surface area contributed by atoms with Crippen LogP contribution in [-0.4, -0.2) is 5.11 Å². The zero-order chi connectivity index (χ0) is 14.6. The van der Waals surface area contributed by atoms with Crippen LogP contribution < -0.4 is 0 Å². The van der Waals surface area contributed by atoms with Crippen LogP contribution in [0.15, 0.2) is 47.8 Å². The average molecular weight is 300 g/mol. The van der Waals surface area contributed by atoms with Crippen molar-refractivity contribution in [3.63, 3.8) is 0 Å². The molecule has 0 saturated heterocycles. The van der Waals surface area contributed by atoms with Crippen molar-refractivity contribution < 1.29 is 13.9 Å². The Morgan fingerprint density at radius 2 is 1.71 bits per heavy atom. The molecule has 1 aliphatic carbocycles. The van der Waals surface area contributed by atoms with Crippen molar-refractivity contribution in [2.45, 2.75) is 6.10 Å². The fourth-order valence-corrected chi connectivity index (χ4v) is 3.86.